The molecule has 0 radical (unpaired) electrons. The van der Waals surface area contributed by atoms with E-state index in [0.29, 0.717) is 36.8 Å². The normalized spacial score (nSPS) is 19.9. The van der Waals surface area contributed by atoms with Gasteiger partial charge in [-0.15, -0.1) is 0 Å². The number of fused-ring (bicyclic) bond motifs is 3. The molecule has 2 aliphatic heterocycles. The Morgan fingerprint density at radius 2 is 1.81 bits per heavy atom. The first-order valence-electron chi connectivity index (χ1n) is 13.7. The minimum Gasteiger partial charge on any atom is -0.486 e. The molecule has 9 nitrogen and oxygen atoms in total. The van der Waals surface area contributed by atoms with E-state index < -0.39 is 15.4 Å². The summed E-state index contributed by atoms with van der Waals surface area (Å²) in [5.41, 5.74) is 3.08. The fraction of sp³-hybridized carbons (Fsp3) is 0.258. The largest absolute Gasteiger partial charge is 0.486 e. The molecule has 1 saturated heterocycles. The van der Waals surface area contributed by atoms with E-state index in [0.717, 1.165) is 22.4 Å². The van der Waals surface area contributed by atoms with Gasteiger partial charge in [-0.3, -0.25) is 9.78 Å². The number of nitrogens with zero attached hydrogens (tertiary/aromatic N) is 4. The third-order valence-electron chi connectivity index (χ3n) is 8.19. The van der Waals surface area contributed by atoms with Crippen LogP contribution in [-0.2, 0) is 16.4 Å². The van der Waals surface area contributed by atoms with Crippen LogP contribution in [-0.4, -0.2) is 59.6 Å². The second-order valence-corrected chi connectivity index (χ2v) is 12.8. The predicted molar refractivity (Wildman–Crippen MR) is 152 cm³/mol. The number of ketones is 1. The molecule has 0 saturated carbocycles. The highest BCUT2D eigenvalue weighted by Gasteiger charge is 2.51. The second kappa shape index (κ2) is 9.88. The number of hydrogen-bond donors (Lipinski definition) is 0. The van der Waals surface area contributed by atoms with Crippen molar-refractivity contribution < 1.29 is 27.1 Å². The molecule has 0 N–H and O–H groups in total. The molecule has 1 fully saturated rings. The predicted octanol–water partition coefficient (Wildman–Crippen LogP) is 4.39. The molecule has 3 aliphatic rings. The number of halogens is 1. The fourth-order valence-electron chi connectivity index (χ4n) is 6.05. The molecule has 4 aromatic rings. The van der Waals surface area contributed by atoms with Gasteiger partial charge in [0.1, 0.15) is 24.7 Å². The number of hydrogen-bond acceptors (Lipinski definition) is 7. The lowest BCUT2D eigenvalue weighted by molar-refractivity contribution is 0.0770. The second-order valence-electron chi connectivity index (χ2n) is 10.8. The van der Waals surface area contributed by atoms with E-state index in [1.54, 1.807) is 41.3 Å². The van der Waals surface area contributed by atoms with Crippen molar-refractivity contribution in [3.63, 3.8) is 0 Å². The van der Waals surface area contributed by atoms with E-state index in [4.69, 9.17) is 9.47 Å². The Hall–Kier alpha value is -4.35. The van der Waals surface area contributed by atoms with E-state index in [2.05, 4.69) is 10.1 Å². The van der Waals surface area contributed by atoms with Gasteiger partial charge in [-0.1, -0.05) is 5.57 Å². The summed E-state index contributed by atoms with van der Waals surface area (Å²) in [4.78, 5) is 18.9. The first-order valence-corrected chi connectivity index (χ1v) is 15.1. The van der Waals surface area contributed by atoms with Crippen molar-refractivity contribution in [2.45, 2.75) is 24.7 Å². The van der Waals surface area contributed by atoms with Gasteiger partial charge in [0.05, 0.1) is 27.9 Å². The number of sulfonamides is 1. The number of carbonyl (C=O) groups excluding carboxylic acids is 1. The lowest BCUT2D eigenvalue weighted by Gasteiger charge is -2.44. The fourth-order valence-corrected chi connectivity index (χ4v) is 7.56. The van der Waals surface area contributed by atoms with Crippen molar-refractivity contribution in [1.29, 1.82) is 0 Å². The average molecular weight is 587 g/mol. The van der Waals surface area contributed by atoms with Crippen molar-refractivity contribution in [1.82, 2.24) is 19.1 Å². The van der Waals surface area contributed by atoms with Gasteiger partial charge in [0.25, 0.3) is 0 Å². The van der Waals surface area contributed by atoms with Gasteiger partial charge in [-0.05, 0) is 85.5 Å². The van der Waals surface area contributed by atoms with Crippen molar-refractivity contribution >= 4 is 21.9 Å². The molecular formula is C31H27FN4O5S. The van der Waals surface area contributed by atoms with Crippen LogP contribution in [0.2, 0.25) is 0 Å². The number of carbonyl (C=O) groups is 1. The summed E-state index contributed by atoms with van der Waals surface area (Å²) >= 11 is 0. The third kappa shape index (κ3) is 4.31. The minimum absolute atomic E-state index is 0.0504. The van der Waals surface area contributed by atoms with E-state index in [1.807, 2.05) is 19.1 Å². The third-order valence-corrected chi connectivity index (χ3v) is 10.0. The zero-order valence-corrected chi connectivity index (χ0v) is 23.6. The highest BCUT2D eigenvalue weighted by atomic mass is 32.2. The molecule has 42 heavy (non-hydrogen) atoms. The number of rotatable bonds is 5. The molecule has 11 heteroatoms. The molecule has 1 atom stereocenters. The molecular weight excluding hydrogens is 559 g/mol. The molecule has 7 rings (SSSR count). The lowest BCUT2D eigenvalue weighted by Crippen LogP contribution is -2.53. The van der Waals surface area contributed by atoms with Crippen molar-refractivity contribution in [3.05, 3.63) is 101 Å². The standard InChI is InChI=1S/C31H27FN4O5S/c1-20-8-10-33-26(14-20)30(37)31-17-21-18-34-36(24-4-2-23(32)3-5-24)27(21)15-22(31)9-11-35(19-31)42(38,39)25-6-7-28-29(16-25)41-13-12-40-28/h2-8,10,14-16,18H,9,11-13,17,19H2,1H3/t31-/m0/s1. The van der Waals surface area contributed by atoms with E-state index in [-0.39, 0.29) is 41.7 Å². The zero-order chi connectivity index (χ0) is 29.1. The van der Waals surface area contributed by atoms with Crippen LogP contribution in [0, 0.1) is 18.2 Å². The molecule has 2 aromatic carbocycles. The van der Waals surface area contributed by atoms with Gasteiger partial charge in [0.15, 0.2) is 17.3 Å². The van der Waals surface area contributed by atoms with Crippen LogP contribution in [0.25, 0.3) is 11.8 Å². The summed E-state index contributed by atoms with van der Waals surface area (Å²) < 4.78 is 55.9. The molecule has 4 heterocycles. The van der Waals surface area contributed by atoms with Crippen LogP contribution in [0.15, 0.2) is 77.5 Å². The summed E-state index contributed by atoms with van der Waals surface area (Å²) in [6.45, 7) is 2.77. The van der Waals surface area contributed by atoms with Gasteiger partial charge in [0, 0.05) is 25.4 Å². The number of piperidine rings is 1. The number of aromatic nitrogens is 3. The van der Waals surface area contributed by atoms with E-state index >= 15 is 0 Å². The SMILES string of the molecule is Cc1ccnc(C(=O)[C@]23Cc4cnn(-c5ccc(F)cc5)c4C=C2CCN(S(=O)(=O)c2ccc4c(c2)OCCO4)C3)c1. The quantitative estimate of drug-likeness (QED) is 0.320. The Balaban J connectivity index is 1.31. The Labute approximate surface area is 242 Å². The smallest absolute Gasteiger partial charge is 0.243 e. The topological polar surface area (TPSA) is 104 Å². The highest BCUT2D eigenvalue weighted by molar-refractivity contribution is 7.89. The van der Waals surface area contributed by atoms with Crippen LogP contribution >= 0.6 is 0 Å². The first kappa shape index (κ1) is 26.5. The summed E-state index contributed by atoms with van der Waals surface area (Å²) in [6.07, 6.45) is 5.82. The van der Waals surface area contributed by atoms with Crippen LogP contribution in [0.5, 0.6) is 11.5 Å². The number of benzene rings is 2. The summed E-state index contributed by atoms with van der Waals surface area (Å²) in [6, 6.07) is 14.2. The average Bonchev–Trinajstić information content (AvgIpc) is 3.41. The highest BCUT2D eigenvalue weighted by Crippen LogP contribution is 2.47. The number of aryl methyl sites for hydroxylation is 1. The van der Waals surface area contributed by atoms with Crippen LogP contribution in [0.3, 0.4) is 0 Å². The van der Waals surface area contributed by atoms with Gasteiger partial charge in [-0.2, -0.15) is 9.40 Å². The Morgan fingerprint density at radius 3 is 2.60 bits per heavy atom. The molecule has 0 spiro atoms. The molecule has 0 amide bonds. The number of pyridine rings is 1. The van der Waals surface area contributed by atoms with Crippen molar-refractivity contribution in [2.75, 3.05) is 26.3 Å². The maximum Gasteiger partial charge on any atom is 0.243 e. The van der Waals surface area contributed by atoms with Crippen LogP contribution in [0.4, 0.5) is 4.39 Å². The molecule has 1 aliphatic carbocycles. The van der Waals surface area contributed by atoms with Crippen molar-refractivity contribution in [3.8, 4) is 17.2 Å². The lowest BCUT2D eigenvalue weighted by atomic mass is 9.65. The van der Waals surface area contributed by atoms with Gasteiger partial charge in [-0.25, -0.2) is 17.5 Å². The summed E-state index contributed by atoms with van der Waals surface area (Å²) in [7, 11) is -3.99. The maximum atomic E-state index is 14.4. The minimum atomic E-state index is -3.99. The van der Waals surface area contributed by atoms with Crippen molar-refractivity contribution in [2.24, 2.45) is 5.41 Å². The zero-order valence-electron chi connectivity index (χ0n) is 22.8. The molecule has 2 aromatic heterocycles. The summed E-state index contributed by atoms with van der Waals surface area (Å²) in [5.74, 6) is 0.295. The Morgan fingerprint density at radius 1 is 1.02 bits per heavy atom. The van der Waals surface area contributed by atoms with Gasteiger partial charge >= 0.3 is 0 Å². The Bertz CT molecular complexity index is 1870. The molecule has 214 valence electrons. The van der Waals surface area contributed by atoms with Crippen LogP contribution < -0.4 is 9.47 Å². The van der Waals surface area contributed by atoms with E-state index in [1.165, 1.54) is 28.6 Å². The van der Waals surface area contributed by atoms with Gasteiger partial charge in [0.2, 0.25) is 10.0 Å². The number of ether oxygens (including phenoxy) is 2. The monoisotopic (exact) mass is 586 g/mol. The van der Waals surface area contributed by atoms with Gasteiger partial charge < -0.3 is 9.47 Å². The summed E-state index contributed by atoms with van der Waals surface area (Å²) in [5, 5.41) is 4.55. The van der Waals surface area contributed by atoms with Crippen LogP contribution in [0.1, 0.15) is 33.7 Å². The van der Waals surface area contributed by atoms with E-state index in [9.17, 15) is 17.6 Å². The Kier molecular flexibility index (Phi) is 6.25. The molecule has 0 bridgehead atoms. The maximum absolute atomic E-state index is 14.4. The first-order chi connectivity index (χ1) is 20.2. The number of Topliss-reactive ketones (excluding diaryl/α,β-unsaturated/α-hetero) is 1. The molecule has 0 unspecified atom stereocenters.